The highest BCUT2D eigenvalue weighted by molar-refractivity contribution is 7.91. The summed E-state index contributed by atoms with van der Waals surface area (Å²) in [6.45, 7) is 1.76. The zero-order valence-electron chi connectivity index (χ0n) is 35.2. The van der Waals surface area contributed by atoms with Crippen molar-refractivity contribution in [3.05, 3.63) is 23.8 Å². The number of primary amides is 1. The van der Waals surface area contributed by atoms with Gasteiger partial charge in [0.15, 0.2) is 6.04 Å². The fraction of sp³-hybridized carbons (Fsp3) is 0.564. The smallest absolute Gasteiger partial charge is 0.248 e. The fourth-order valence-electron chi connectivity index (χ4n) is 7.70. The van der Waals surface area contributed by atoms with Crippen molar-refractivity contribution in [2.75, 3.05) is 32.0 Å². The molecule has 3 aliphatic heterocycles. The second-order valence-electron chi connectivity index (χ2n) is 16.1. The summed E-state index contributed by atoms with van der Waals surface area (Å²) in [4.78, 5) is 127. The summed E-state index contributed by atoms with van der Waals surface area (Å²) >= 11 is -2.38. The molecule has 1 fully saturated rings. The molecule has 9 amide bonds. The Morgan fingerprint density at radius 3 is 2.22 bits per heavy atom. The van der Waals surface area contributed by atoms with Crippen molar-refractivity contribution in [2.24, 2.45) is 17.6 Å². The molecule has 24 nitrogen and oxygen atoms in total. The lowest BCUT2D eigenvalue weighted by Crippen LogP contribution is -2.62. The largest absolute Gasteiger partial charge is 0.610 e. The lowest BCUT2D eigenvalue weighted by atomic mass is 9.93. The number of aliphatic hydroxyl groups is 3. The number of phenols is 1. The quantitative estimate of drug-likeness (QED) is 0.115. The maximum atomic E-state index is 14.6. The first-order valence-corrected chi connectivity index (χ1v) is 21.9. The average molecular weight is 919 g/mol. The van der Waals surface area contributed by atoms with Crippen LogP contribution in [0.15, 0.2) is 23.2 Å². The number of rotatable bonds is 7. The fourth-order valence-corrected chi connectivity index (χ4v) is 9.10. The van der Waals surface area contributed by atoms with Crippen LogP contribution >= 0.6 is 0 Å². The van der Waals surface area contributed by atoms with Gasteiger partial charge in [0.05, 0.1) is 43.8 Å². The van der Waals surface area contributed by atoms with Gasteiger partial charge in [-0.15, -0.1) is 0 Å². The predicted octanol–water partition coefficient (Wildman–Crippen LogP) is -5.92. The van der Waals surface area contributed by atoms with Crippen LogP contribution in [0.1, 0.15) is 45.6 Å². The number of carbonyl (C=O) groups is 9. The summed E-state index contributed by atoms with van der Waals surface area (Å²) in [5, 5.41) is 58.8. The first kappa shape index (κ1) is 49.0. The second-order valence-corrected chi connectivity index (χ2v) is 17.6. The summed E-state index contributed by atoms with van der Waals surface area (Å²) in [6.07, 6.45) is -4.42. The van der Waals surface area contributed by atoms with E-state index in [1.54, 1.807) is 13.8 Å². The van der Waals surface area contributed by atoms with E-state index in [2.05, 4.69) is 42.2 Å². The molecule has 1 saturated heterocycles. The highest BCUT2D eigenvalue weighted by atomic mass is 32.2. The van der Waals surface area contributed by atoms with Crippen LogP contribution in [0.25, 0.3) is 10.9 Å². The van der Waals surface area contributed by atoms with E-state index in [0.717, 1.165) is 4.90 Å². The summed E-state index contributed by atoms with van der Waals surface area (Å²) in [6, 6.07) is -5.99. The number of carbonyl (C=O) groups excluding carboxylic acids is 9. The van der Waals surface area contributed by atoms with Gasteiger partial charge in [-0.05, 0) is 18.1 Å². The van der Waals surface area contributed by atoms with Crippen molar-refractivity contribution in [2.45, 2.75) is 99.9 Å². The van der Waals surface area contributed by atoms with Crippen LogP contribution in [0.4, 0.5) is 0 Å². The third-order valence-corrected chi connectivity index (χ3v) is 13.0. The topological polar surface area (TPSA) is 387 Å². The van der Waals surface area contributed by atoms with E-state index in [9.17, 15) is 68.1 Å². The van der Waals surface area contributed by atoms with Crippen LogP contribution in [-0.4, -0.2) is 168 Å². The molecular weight excluding hydrogens is 865 g/mol. The number of H-pyrrole nitrogens is 1. The van der Waals surface area contributed by atoms with E-state index < -0.39 is 176 Å². The minimum absolute atomic E-state index is 0.0800. The van der Waals surface area contributed by atoms with Crippen LogP contribution < -0.4 is 43.0 Å². The average Bonchev–Trinajstić information content (AvgIpc) is 3.82. The Morgan fingerprint density at radius 2 is 1.56 bits per heavy atom. The Balaban J connectivity index is 1.73. The van der Waals surface area contributed by atoms with Crippen molar-refractivity contribution in [3.63, 3.8) is 0 Å². The molecule has 5 rings (SSSR count). The molecule has 11 atom stereocenters. The highest BCUT2D eigenvalue weighted by Crippen LogP contribution is 2.31. The van der Waals surface area contributed by atoms with Crippen LogP contribution in [0.2, 0.25) is 0 Å². The van der Waals surface area contributed by atoms with Crippen molar-refractivity contribution >= 4 is 75.2 Å². The highest BCUT2D eigenvalue weighted by Gasteiger charge is 2.45. The Morgan fingerprint density at radius 1 is 0.891 bits per heavy atom. The minimum Gasteiger partial charge on any atom is -0.610 e. The van der Waals surface area contributed by atoms with Crippen molar-refractivity contribution < 1.29 is 68.1 Å². The lowest BCUT2D eigenvalue weighted by Gasteiger charge is -2.32. The number of hydrogen-bond donors (Lipinski definition) is 13. The molecule has 3 aliphatic rings. The molecule has 14 N–H and O–H groups in total. The number of fused-ring (bicyclic) bond motifs is 5. The number of aromatic amines is 1. The Hall–Kier alpha value is -6.02. The summed E-state index contributed by atoms with van der Waals surface area (Å²) in [5.41, 5.74) is 5.73. The molecule has 0 radical (unpaired) electrons. The van der Waals surface area contributed by atoms with E-state index in [1.165, 1.54) is 25.1 Å². The molecular formula is C39H54N10O14S. The molecule has 2 aromatic rings. The van der Waals surface area contributed by atoms with Gasteiger partial charge < -0.3 is 77.8 Å². The van der Waals surface area contributed by atoms with Crippen molar-refractivity contribution in [1.82, 2.24) is 47.1 Å². The Kier molecular flexibility index (Phi) is 16.2. The number of aromatic hydroxyl groups is 1. The van der Waals surface area contributed by atoms with Gasteiger partial charge in [-0.2, -0.15) is 0 Å². The van der Waals surface area contributed by atoms with Crippen molar-refractivity contribution in [3.8, 4) is 5.75 Å². The summed E-state index contributed by atoms with van der Waals surface area (Å²) in [5.74, 6) is -12.1. The van der Waals surface area contributed by atoms with Gasteiger partial charge in [0.2, 0.25) is 58.2 Å². The zero-order chi connectivity index (χ0) is 47.2. The van der Waals surface area contributed by atoms with Crippen LogP contribution in [-0.2, 0) is 60.7 Å². The number of hydrogen-bond acceptors (Lipinski definition) is 14. The van der Waals surface area contributed by atoms with E-state index >= 15 is 0 Å². The van der Waals surface area contributed by atoms with E-state index in [-0.39, 0.29) is 27.2 Å². The molecule has 0 aliphatic carbocycles. The number of aromatic nitrogens is 1. The van der Waals surface area contributed by atoms with Crippen LogP contribution in [0.3, 0.4) is 0 Å². The molecule has 0 saturated carbocycles. The Labute approximate surface area is 368 Å². The molecule has 350 valence electrons. The SMILES string of the molecule is CC[C@H](C)[C@@H]1NC(=O)CNC(=O)[C@H]2Cc3c([nH]c4cc(O)ccc34)[S@+]([O-])CC(NC(=O)CNC1=O)C(=O)N[C@@H](CC(N)=O)C(=O)N1CC(O)C[C@H]1C(=O)N[C@@H]([C@@H](C)[C@@H](O)CO)C(=O)N2. The van der Waals surface area contributed by atoms with E-state index in [0.29, 0.717) is 6.42 Å². The standard InChI is InChI=1S/C39H54N10O14S/c1-4-16(2)31-36(60)42-11-29(55)43-25-15-64(63)38-21(20-6-5-18(51)7-22(20)46-38)9-23(33(57)41-12-30(56)47-31)44-37(61)32(17(3)27(53)14-50)48-35(59)26-8-19(52)13-49(26)39(62)24(10-28(40)54)45-34(25)58/h5-7,16-17,19,23-27,31-32,46,50-53H,4,8-15H2,1-3H3,(H2,40,54)(H,41,57)(H,42,60)(H,43,55)(H,44,61)(H,45,58)(H,47,56)(H,48,59)/t16-,17-,19?,23+,24-,25?,26-,27-,31-,32-,64+/m0/s1. The van der Waals surface area contributed by atoms with E-state index in [1.807, 2.05) is 0 Å². The maximum Gasteiger partial charge on any atom is 0.248 e. The first-order chi connectivity index (χ1) is 30.2. The van der Waals surface area contributed by atoms with Gasteiger partial charge in [0.25, 0.3) is 0 Å². The lowest BCUT2D eigenvalue weighted by molar-refractivity contribution is -0.144. The molecule has 2 bridgehead atoms. The number of nitrogens with zero attached hydrogens (tertiary/aromatic N) is 1. The summed E-state index contributed by atoms with van der Waals surface area (Å²) in [7, 11) is 0. The number of aliphatic hydroxyl groups excluding tert-OH is 3. The molecule has 2 unspecified atom stereocenters. The molecule has 25 heteroatoms. The van der Waals surface area contributed by atoms with Gasteiger partial charge in [-0.3, -0.25) is 43.2 Å². The van der Waals surface area contributed by atoms with Crippen molar-refractivity contribution in [1.29, 1.82) is 0 Å². The van der Waals surface area contributed by atoms with Gasteiger partial charge >= 0.3 is 0 Å². The van der Waals surface area contributed by atoms with Gasteiger partial charge in [0, 0.05) is 53.5 Å². The normalized spacial score (nSPS) is 28.5. The number of nitrogens with two attached hydrogens (primary N) is 1. The third kappa shape index (κ3) is 11.6. The monoisotopic (exact) mass is 918 g/mol. The number of benzene rings is 1. The first-order valence-electron chi connectivity index (χ1n) is 20.6. The molecule has 1 aromatic carbocycles. The molecule has 4 heterocycles. The van der Waals surface area contributed by atoms with Crippen LogP contribution in [0.5, 0.6) is 5.75 Å². The number of phenolic OH excluding ortho intramolecular Hbond substituents is 1. The Bertz CT molecular complexity index is 2160. The number of amides is 9. The molecule has 64 heavy (non-hydrogen) atoms. The second kappa shape index (κ2) is 21.1. The predicted molar refractivity (Wildman–Crippen MR) is 222 cm³/mol. The van der Waals surface area contributed by atoms with Gasteiger partial charge in [-0.1, -0.05) is 27.2 Å². The summed E-state index contributed by atoms with van der Waals surface area (Å²) < 4.78 is 14.6. The van der Waals surface area contributed by atoms with Gasteiger partial charge in [0.1, 0.15) is 41.7 Å². The number of nitrogens with one attached hydrogen (secondary N) is 8. The maximum absolute atomic E-state index is 14.6. The minimum atomic E-state index is -2.38. The molecule has 0 spiro atoms. The third-order valence-electron chi connectivity index (χ3n) is 11.5. The molecule has 1 aromatic heterocycles. The van der Waals surface area contributed by atoms with Crippen LogP contribution in [0, 0.1) is 11.8 Å². The van der Waals surface area contributed by atoms with E-state index in [4.69, 9.17) is 5.73 Å². The van der Waals surface area contributed by atoms with Gasteiger partial charge in [-0.25, -0.2) is 0 Å². The zero-order valence-corrected chi connectivity index (χ0v) is 36.0.